The fourth-order valence-corrected chi connectivity index (χ4v) is 3.37. The molecular weight excluding hydrogens is 374 g/mol. The Labute approximate surface area is 163 Å². The molecule has 5 rings (SSSR count). The minimum Gasteiger partial charge on any atom is -0.454 e. The number of hydrogen-bond acceptors (Lipinski definition) is 6. The Kier molecular flexibility index (Phi) is 3.63. The summed E-state index contributed by atoms with van der Waals surface area (Å²) in [5.74, 6) is 0.658. The van der Waals surface area contributed by atoms with Gasteiger partial charge in [-0.05, 0) is 24.6 Å². The molecule has 1 amide bonds. The van der Waals surface area contributed by atoms with Crippen molar-refractivity contribution in [2.24, 2.45) is 5.73 Å². The van der Waals surface area contributed by atoms with Gasteiger partial charge in [0.05, 0.1) is 5.69 Å². The second-order valence-corrected chi connectivity index (χ2v) is 6.58. The van der Waals surface area contributed by atoms with E-state index >= 15 is 0 Å². The van der Waals surface area contributed by atoms with Crippen LogP contribution in [0.2, 0.25) is 0 Å². The van der Waals surface area contributed by atoms with E-state index in [1.165, 1.54) is 4.57 Å². The van der Waals surface area contributed by atoms with Crippen LogP contribution in [0.5, 0.6) is 11.5 Å². The molecule has 2 aromatic heterocycles. The summed E-state index contributed by atoms with van der Waals surface area (Å²) >= 11 is 0. The number of rotatable bonds is 3. The maximum absolute atomic E-state index is 12.7. The molecule has 0 unspecified atom stereocenters. The summed E-state index contributed by atoms with van der Waals surface area (Å²) in [4.78, 5) is 36.4. The predicted octanol–water partition coefficient (Wildman–Crippen LogP) is 1.91. The molecule has 0 saturated heterocycles. The molecule has 1 aliphatic heterocycles. The van der Waals surface area contributed by atoms with Crippen molar-refractivity contribution < 1.29 is 14.3 Å². The predicted molar refractivity (Wildman–Crippen MR) is 104 cm³/mol. The monoisotopic (exact) mass is 389 g/mol. The number of benzene rings is 2. The second kappa shape index (κ2) is 6.20. The summed E-state index contributed by atoms with van der Waals surface area (Å²) in [6.07, 6.45) is 0. The number of nitrogens with two attached hydrogens (primary N) is 1. The van der Waals surface area contributed by atoms with E-state index in [1.807, 2.05) is 31.2 Å². The van der Waals surface area contributed by atoms with Crippen LogP contribution in [0.3, 0.4) is 0 Å². The minimum atomic E-state index is -0.758. The molecule has 3 heterocycles. The number of carbonyl (C=O) groups is 1. The Balaban J connectivity index is 1.82. The number of aromatic nitrogens is 4. The van der Waals surface area contributed by atoms with Crippen molar-refractivity contribution in [2.75, 3.05) is 6.79 Å². The molecule has 0 bridgehead atoms. The fraction of sp³-hybridized carbons (Fsp3) is 0.100. The molecule has 0 fully saturated rings. The molecule has 1 aliphatic rings. The van der Waals surface area contributed by atoms with Gasteiger partial charge < -0.3 is 20.2 Å². The van der Waals surface area contributed by atoms with Crippen molar-refractivity contribution in [3.05, 3.63) is 64.2 Å². The van der Waals surface area contributed by atoms with Gasteiger partial charge in [0, 0.05) is 11.6 Å². The van der Waals surface area contributed by atoms with E-state index in [0.717, 1.165) is 11.1 Å². The van der Waals surface area contributed by atoms with Crippen LogP contribution >= 0.6 is 0 Å². The van der Waals surface area contributed by atoms with Crippen molar-refractivity contribution >= 4 is 17.1 Å². The number of amides is 1. The number of fused-ring (bicyclic) bond motifs is 2. The van der Waals surface area contributed by atoms with Crippen molar-refractivity contribution in [1.29, 1.82) is 0 Å². The number of hydrogen-bond donors (Lipinski definition) is 2. The zero-order chi connectivity index (χ0) is 20.1. The van der Waals surface area contributed by atoms with Crippen LogP contribution in [-0.4, -0.2) is 32.2 Å². The standard InChI is InChI=1S/C20H15N5O4/c1-10-4-2-3-5-12(10)18-22-15(17(21)26)16-19(24-18)25(20(27)23-16)11-6-7-13-14(8-11)29-9-28-13/h2-8H,9H2,1H3,(H2,21,26)(H,23,27). The van der Waals surface area contributed by atoms with Crippen LogP contribution in [0.1, 0.15) is 16.1 Å². The van der Waals surface area contributed by atoms with E-state index in [2.05, 4.69) is 15.0 Å². The Bertz CT molecular complexity index is 1350. The van der Waals surface area contributed by atoms with Crippen LogP contribution in [0.15, 0.2) is 47.3 Å². The topological polar surface area (TPSA) is 125 Å². The molecule has 0 atom stereocenters. The molecule has 144 valence electrons. The summed E-state index contributed by atoms with van der Waals surface area (Å²) in [6, 6.07) is 12.6. The lowest BCUT2D eigenvalue weighted by Gasteiger charge is -2.08. The van der Waals surface area contributed by atoms with Gasteiger partial charge in [-0.3, -0.25) is 4.79 Å². The van der Waals surface area contributed by atoms with E-state index < -0.39 is 11.6 Å². The molecule has 0 aliphatic carbocycles. The van der Waals surface area contributed by atoms with Gasteiger partial charge >= 0.3 is 5.69 Å². The first kappa shape index (κ1) is 17.0. The molecule has 0 radical (unpaired) electrons. The smallest absolute Gasteiger partial charge is 0.332 e. The van der Waals surface area contributed by atoms with Crippen LogP contribution in [0, 0.1) is 6.92 Å². The highest BCUT2D eigenvalue weighted by Gasteiger charge is 2.22. The Morgan fingerprint density at radius 1 is 1.14 bits per heavy atom. The normalized spacial score (nSPS) is 12.4. The van der Waals surface area contributed by atoms with E-state index in [4.69, 9.17) is 15.2 Å². The van der Waals surface area contributed by atoms with Crippen LogP contribution < -0.4 is 20.9 Å². The maximum Gasteiger partial charge on any atom is 0.332 e. The number of nitrogens with one attached hydrogen (secondary N) is 1. The third-order valence-corrected chi connectivity index (χ3v) is 4.77. The third-order valence-electron chi connectivity index (χ3n) is 4.77. The van der Waals surface area contributed by atoms with Crippen molar-refractivity contribution in [3.8, 4) is 28.6 Å². The van der Waals surface area contributed by atoms with E-state index in [9.17, 15) is 9.59 Å². The van der Waals surface area contributed by atoms with Crippen molar-refractivity contribution in [2.45, 2.75) is 6.92 Å². The molecule has 0 spiro atoms. The average Bonchev–Trinajstić information content (AvgIpc) is 3.30. The van der Waals surface area contributed by atoms with Crippen LogP contribution in [-0.2, 0) is 0 Å². The van der Waals surface area contributed by atoms with Gasteiger partial charge in [0.2, 0.25) is 6.79 Å². The number of H-pyrrole nitrogens is 1. The summed E-state index contributed by atoms with van der Waals surface area (Å²) in [5, 5.41) is 0. The van der Waals surface area contributed by atoms with Crippen LogP contribution in [0.25, 0.3) is 28.2 Å². The summed E-state index contributed by atoms with van der Waals surface area (Å²) in [7, 11) is 0. The van der Waals surface area contributed by atoms with Gasteiger partial charge in [-0.25, -0.2) is 19.3 Å². The first-order valence-electron chi connectivity index (χ1n) is 8.81. The lowest BCUT2D eigenvalue weighted by atomic mass is 10.1. The highest BCUT2D eigenvalue weighted by atomic mass is 16.7. The molecule has 9 heteroatoms. The summed E-state index contributed by atoms with van der Waals surface area (Å²) in [6.45, 7) is 2.03. The molecule has 4 aromatic rings. The highest BCUT2D eigenvalue weighted by Crippen LogP contribution is 2.34. The van der Waals surface area contributed by atoms with E-state index in [0.29, 0.717) is 23.0 Å². The third kappa shape index (κ3) is 2.63. The van der Waals surface area contributed by atoms with Crippen molar-refractivity contribution in [3.63, 3.8) is 0 Å². The lowest BCUT2D eigenvalue weighted by molar-refractivity contribution is 0.0997. The number of ether oxygens (including phenoxy) is 2. The minimum absolute atomic E-state index is 0.0511. The largest absolute Gasteiger partial charge is 0.454 e. The van der Waals surface area contributed by atoms with Gasteiger partial charge in [-0.2, -0.15) is 0 Å². The van der Waals surface area contributed by atoms with Gasteiger partial charge in [0.25, 0.3) is 5.91 Å². The Hall–Kier alpha value is -4.14. The number of carbonyl (C=O) groups excluding carboxylic acids is 1. The first-order valence-corrected chi connectivity index (χ1v) is 8.81. The molecule has 9 nitrogen and oxygen atoms in total. The summed E-state index contributed by atoms with van der Waals surface area (Å²) < 4.78 is 12.1. The number of aryl methyl sites for hydroxylation is 1. The number of imidazole rings is 1. The highest BCUT2D eigenvalue weighted by molar-refractivity contribution is 6.02. The maximum atomic E-state index is 12.7. The average molecular weight is 389 g/mol. The van der Waals surface area contributed by atoms with Gasteiger partial charge in [0.1, 0.15) is 5.52 Å². The van der Waals surface area contributed by atoms with Crippen LogP contribution in [0.4, 0.5) is 0 Å². The second-order valence-electron chi connectivity index (χ2n) is 6.58. The zero-order valence-corrected chi connectivity index (χ0v) is 15.3. The van der Waals surface area contributed by atoms with Crippen molar-refractivity contribution in [1.82, 2.24) is 19.5 Å². The molecular formula is C20H15N5O4. The Morgan fingerprint density at radius 3 is 2.72 bits per heavy atom. The lowest BCUT2D eigenvalue weighted by Crippen LogP contribution is -2.15. The molecule has 29 heavy (non-hydrogen) atoms. The number of aromatic amines is 1. The number of primary amides is 1. The molecule has 2 aromatic carbocycles. The van der Waals surface area contributed by atoms with Gasteiger partial charge in [-0.1, -0.05) is 24.3 Å². The zero-order valence-electron chi connectivity index (χ0n) is 15.3. The molecule has 3 N–H and O–H groups in total. The SMILES string of the molecule is Cc1ccccc1-c1nc(C(N)=O)c2[nH]c(=O)n(-c3ccc4c(c3)OCO4)c2n1. The fourth-order valence-electron chi connectivity index (χ4n) is 3.37. The summed E-state index contributed by atoms with van der Waals surface area (Å²) in [5.41, 5.74) is 7.61. The van der Waals surface area contributed by atoms with E-state index in [1.54, 1.807) is 18.2 Å². The van der Waals surface area contributed by atoms with E-state index in [-0.39, 0.29) is 23.7 Å². The van der Waals surface area contributed by atoms with Gasteiger partial charge in [0.15, 0.2) is 28.7 Å². The first-order chi connectivity index (χ1) is 14.0. The quantitative estimate of drug-likeness (QED) is 0.551. The van der Waals surface area contributed by atoms with Gasteiger partial charge in [-0.15, -0.1) is 0 Å². The Morgan fingerprint density at radius 2 is 1.93 bits per heavy atom. The molecule has 0 saturated carbocycles. The number of nitrogens with zero attached hydrogens (tertiary/aromatic N) is 3.